The lowest BCUT2D eigenvalue weighted by Crippen LogP contribution is -2.61. The molecule has 1 saturated heterocycles. The Morgan fingerprint density at radius 3 is 2.95 bits per heavy atom. The Balaban J connectivity index is 2.15. The fourth-order valence-electron chi connectivity index (χ4n) is 3.08. The van der Waals surface area contributed by atoms with Crippen LogP contribution in [0.2, 0.25) is 5.02 Å². The zero-order chi connectivity index (χ0) is 13.8. The van der Waals surface area contributed by atoms with Crippen molar-refractivity contribution in [3.8, 4) is 5.75 Å². The first-order valence-corrected chi connectivity index (χ1v) is 6.58. The van der Waals surface area contributed by atoms with E-state index in [1.807, 2.05) is 6.92 Å². The van der Waals surface area contributed by atoms with Crippen LogP contribution in [-0.2, 0) is 9.59 Å². The van der Waals surface area contributed by atoms with Gasteiger partial charge >= 0.3 is 0 Å². The fourth-order valence-corrected chi connectivity index (χ4v) is 3.26. The Labute approximate surface area is 116 Å². The summed E-state index contributed by atoms with van der Waals surface area (Å²) in [5.41, 5.74) is 0.106. The maximum absolute atomic E-state index is 12.1. The van der Waals surface area contributed by atoms with E-state index in [0.29, 0.717) is 17.2 Å². The number of carbonyl (C=O) groups is 2. The molecule has 1 N–H and O–H groups in total. The number of ether oxygens (including phenoxy) is 1. The molecule has 5 heteroatoms. The van der Waals surface area contributed by atoms with Crippen molar-refractivity contribution in [3.63, 3.8) is 0 Å². The van der Waals surface area contributed by atoms with Gasteiger partial charge in [-0.25, -0.2) is 0 Å². The average Bonchev–Trinajstić information content (AvgIpc) is 2.28. The first-order chi connectivity index (χ1) is 8.89. The number of halogens is 1. The monoisotopic (exact) mass is 279 g/mol. The van der Waals surface area contributed by atoms with E-state index in [-0.39, 0.29) is 17.6 Å². The van der Waals surface area contributed by atoms with Gasteiger partial charge in [0.25, 0.3) is 0 Å². The molecule has 3 rings (SSSR count). The number of nitrogens with one attached hydrogen (secondary N) is 1. The minimum atomic E-state index is -0.742. The standard InChI is InChI=1S/C14H14ClNO3/c1-7(17)12-10-6-14(2,16-13(12)18)19-11-4-3-8(15)5-9(10)11/h3-5,10,12H,6H2,1-2H3,(H,16,18). The van der Waals surface area contributed by atoms with Gasteiger partial charge in [-0.3, -0.25) is 9.59 Å². The highest BCUT2D eigenvalue weighted by molar-refractivity contribution is 6.30. The number of benzene rings is 1. The second-order valence-corrected chi connectivity index (χ2v) is 5.84. The molecule has 3 atom stereocenters. The topological polar surface area (TPSA) is 55.4 Å². The summed E-state index contributed by atoms with van der Waals surface area (Å²) in [6.07, 6.45) is 0.580. The van der Waals surface area contributed by atoms with Gasteiger partial charge < -0.3 is 10.1 Å². The van der Waals surface area contributed by atoms with Gasteiger partial charge in [-0.15, -0.1) is 0 Å². The number of carbonyl (C=O) groups excluding carboxylic acids is 2. The van der Waals surface area contributed by atoms with Crippen LogP contribution in [0.25, 0.3) is 0 Å². The van der Waals surface area contributed by atoms with E-state index in [4.69, 9.17) is 16.3 Å². The van der Waals surface area contributed by atoms with Crippen LogP contribution in [0.5, 0.6) is 5.75 Å². The van der Waals surface area contributed by atoms with Crippen LogP contribution >= 0.6 is 11.6 Å². The Bertz CT molecular complexity index is 586. The molecule has 1 amide bonds. The van der Waals surface area contributed by atoms with Crippen molar-refractivity contribution in [2.45, 2.75) is 31.9 Å². The molecule has 100 valence electrons. The number of hydrogen-bond acceptors (Lipinski definition) is 3. The van der Waals surface area contributed by atoms with Crippen LogP contribution < -0.4 is 10.1 Å². The van der Waals surface area contributed by atoms with E-state index < -0.39 is 11.6 Å². The molecule has 3 unspecified atom stereocenters. The minimum absolute atomic E-state index is 0.127. The van der Waals surface area contributed by atoms with Crippen LogP contribution in [-0.4, -0.2) is 17.4 Å². The van der Waals surface area contributed by atoms with Gasteiger partial charge in [0.15, 0.2) is 5.72 Å². The molecule has 0 aliphatic carbocycles. The zero-order valence-electron chi connectivity index (χ0n) is 10.7. The highest BCUT2D eigenvalue weighted by atomic mass is 35.5. The van der Waals surface area contributed by atoms with Crippen molar-refractivity contribution in [2.24, 2.45) is 5.92 Å². The Morgan fingerprint density at radius 1 is 1.53 bits per heavy atom. The quantitative estimate of drug-likeness (QED) is 0.802. The minimum Gasteiger partial charge on any atom is -0.468 e. The van der Waals surface area contributed by atoms with E-state index in [2.05, 4.69) is 5.32 Å². The van der Waals surface area contributed by atoms with E-state index in [1.54, 1.807) is 18.2 Å². The molecule has 0 radical (unpaired) electrons. The normalized spacial score (nSPS) is 32.1. The SMILES string of the molecule is CC(=O)C1C(=O)NC2(C)CC1c1cc(Cl)ccc1O2. The lowest BCUT2D eigenvalue weighted by atomic mass is 9.73. The smallest absolute Gasteiger partial charge is 0.234 e. The van der Waals surface area contributed by atoms with E-state index >= 15 is 0 Å². The Kier molecular flexibility index (Phi) is 2.61. The predicted molar refractivity (Wildman–Crippen MR) is 70.2 cm³/mol. The third kappa shape index (κ3) is 1.91. The van der Waals surface area contributed by atoms with Crippen molar-refractivity contribution < 1.29 is 14.3 Å². The number of hydrogen-bond donors (Lipinski definition) is 1. The van der Waals surface area contributed by atoms with Crippen LogP contribution in [0.15, 0.2) is 18.2 Å². The molecule has 2 aliphatic heterocycles. The van der Waals surface area contributed by atoms with E-state index in [9.17, 15) is 9.59 Å². The van der Waals surface area contributed by atoms with Crippen molar-refractivity contribution in [1.82, 2.24) is 5.32 Å². The Hall–Kier alpha value is -1.55. The summed E-state index contributed by atoms with van der Waals surface area (Å²) in [6.45, 7) is 3.28. The summed E-state index contributed by atoms with van der Waals surface area (Å²) in [6, 6.07) is 5.32. The maximum atomic E-state index is 12.1. The molecule has 0 aromatic heterocycles. The summed E-state index contributed by atoms with van der Waals surface area (Å²) >= 11 is 6.01. The van der Waals surface area contributed by atoms with Gasteiger partial charge in [0.2, 0.25) is 5.91 Å². The molecule has 2 heterocycles. The largest absolute Gasteiger partial charge is 0.468 e. The van der Waals surface area contributed by atoms with E-state index in [1.165, 1.54) is 6.92 Å². The average molecular weight is 280 g/mol. The molecule has 2 bridgehead atoms. The van der Waals surface area contributed by atoms with Gasteiger partial charge in [0, 0.05) is 22.9 Å². The predicted octanol–water partition coefficient (Wildman–Crippen LogP) is 2.26. The number of fused-ring (bicyclic) bond motifs is 4. The lowest BCUT2D eigenvalue weighted by molar-refractivity contribution is -0.145. The van der Waals surface area contributed by atoms with Gasteiger partial charge in [-0.05, 0) is 32.0 Å². The third-order valence-electron chi connectivity index (χ3n) is 3.83. The summed E-state index contributed by atoms with van der Waals surface area (Å²) in [7, 11) is 0. The van der Waals surface area contributed by atoms with Crippen molar-refractivity contribution in [3.05, 3.63) is 28.8 Å². The first kappa shape index (κ1) is 12.5. The third-order valence-corrected chi connectivity index (χ3v) is 4.06. The van der Waals surface area contributed by atoms with Gasteiger partial charge in [-0.2, -0.15) is 0 Å². The summed E-state index contributed by atoms with van der Waals surface area (Å²) in [5, 5.41) is 3.38. The molecule has 1 aromatic rings. The lowest BCUT2D eigenvalue weighted by Gasteiger charge is -2.46. The number of rotatable bonds is 1. The van der Waals surface area contributed by atoms with Crippen LogP contribution in [0.1, 0.15) is 31.7 Å². The second kappa shape index (κ2) is 3.97. The summed E-state index contributed by atoms with van der Waals surface area (Å²) < 4.78 is 5.84. The molecule has 1 aromatic carbocycles. The van der Waals surface area contributed by atoms with Crippen molar-refractivity contribution in [1.29, 1.82) is 0 Å². The van der Waals surface area contributed by atoms with Gasteiger partial charge in [0.1, 0.15) is 17.5 Å². The molecule has 2 aliphatic rings. The highest BCUT2D eigenvalue weighted by Crippen LogP contribution is 2.47. The maximum Gasteiger partial charge on any atom is 0.234 e. The van der Waals surface area contributed by atoms with Crippen LogP contribution in [0.3, 0.4) is 0 Å². The van der Waals surface area contributed by atoms with Crippen molar-refractivity contribution in [2.75, 3.05) is 0 Å². The molecule has 4 nitrogen and oxygen atoms in total. The van der Waals surface area contributed by atoms with Crippen LogP contribution in [0, 0.1) is 5.92 Å². The van der Waals surface area contributed by atoms with Crippen molar-refractivity contribution >= 4 is 23.3 Å². The summed E-state index contributed by atoms with van der Waals surface area (Å²) in [5.74, 6) is -0.531. The second-order valence-electron chi connectivity index (χ2n) is 5.40. The zero-order valence-corrected chi connectivity index (χ0v) is 11.5. The molecule has 0 saturated carbocycles. The molecule has 19 heavy (non-hydrogen) atoms. The molecule has 1 fully saturated rings. The molecular formula is C14H14ClNO3. The van der Waals surface area contributed by atoms with Gasteiger partial charge in [-0.1, -0.05) is 11.6 Å². The Morgan fingerprint density at radius 2 is 2.26 bits per heavy atom. The highest BCUT2D eigenvalue weighted by Gasteiger charge is 2.50. The first-order valence-electron chi connectivity index (χ1n) is 6.20. The van der Waals surface area contributed by atoms with Gasteiger partial charge in [0.05, 0.1) is 0 Å². The molecular weight excluding hydrogens is 266 g/mol. The number of Topliss-reactive ketones (excluding diaryl/α,β-unsaturated/α-hetero) is 1. The van der Waals surface area contributed by atoms with E-state index in [0.717, 1.165) is 5.56 Å². The summed E-state index contributed by atoms with van der Waals surface area (Å²) in [4.78, 5) is 23.9. The number of ketones is 1. The molecule has 0 spiro atoms. The number of amides is 1. The van der Waals surface area contributed by atoms with Crippen LogP contribution in [0.4, 0.5) is 0 Å². The fraction of sp³-hybridized carbons (Fsp3) is 0.429. The number of piperidine rings is 1.